The highest BCUT2D eigenvalue weighted by atomic mass is 19.4. The van der Waals surface area contributed by atoms with Crippen LogP contribution in [0.15, 0.2) is 54.3 Å². The number of aliphatic hydroxyl groups is 1. The molecule has 27 heavy (non-hydrogen) atoms. The molecule has 5 nitrogen and oxygen atoms in total. The number of benzene rings is 2. The number of rotatable bonds is 4. The van der Waals surface area contributed by atoms with Crippen molar-refractivity contribution in [2.24, 2.45) is 0 Å². The molecule has 0 aromatic heterocycles. The Morgan fingerprint density at radius 2 is 1.70 bits per heavy atom. The van der Waals surface area contributed by atoms with E-state index in [1.54, 1.807) is 12.1 Å². The summed E-state index contributed by atoms with van der Waals surface area (Å²) < 4.78 is 43.5. The molecule has 1 N–H and O–H groups in total. The van der Waals surface area contributed by atoms with Gasteiger partial charge in [0.25, 0.3) is 11.8 Å². The van der Waals surface area contributed by atoms with E-state index < -0.39 is 29.3 Å². The Hall–Kier alpha value is -3.29. The number of nitrogens with zero attached hydrogens (tertiary/aromatic N) is 1. The van der Waals surface area contributed by atoms with E-state index in [-0.39, 0.29) is 17.7 Å². The summed E-state index contributed by atoms with van der Waals surface area (Å²) >= 11 is 0. The fraction of sp³-hybridized carbons (Fsp3) is 0.158. The van der Waals surface area contributed by atoms with Gasteiger partial charge in [-0.15, -0.1) is 0 Å². The maximum Gasteiger partial charge on any atom is 0.416 e. The molecule has 0 spiro atoms. The molecule has 0 bridgehead atoms. The van der Waals surface area contributed by atoms with E-state index in [1.807, 2.05) is 0 Å². The summed E-state index contributed by atoms with van der Waals surface area (Å²) in [6.07, 6.45) is -4.54. The molecule has 0 radical (unpaired) electrons. The molecule has 2 aromatic carbocycles. The van der Waals surface area contributed by atoms with Gasteiger partial charge >= 0.3 is 6.18 Å². The number of hydrogen-bond acceptors (Lipinski definition) is 4. The number of alkyl halides is 3. The van der Waals surface area contributed by atoms with Gasteiger partial charge in [0, 0.05) is 0 Å². The maximum absolute atomic E-state index is 12.8. The van der Waals surface area contributed by atoms with Gasteiger partial charge in [-0.1, -0.05) is 24.3 Å². The molecule has 0 unspecified atom stereocenters. The second-order valence-corrected chi connectivity index (χ2v) is 5.85. The van der Waals surface area contributed by atoms with E-state index in [0.29, 0.717) is 16.2 Å². The molecular formula is C19H14F3NO4. The zero-order valence-electron chi connectivity index (χ0n) is 14.1. The van der Waals surface area contributed by atoms with Gasteiger partial charge in [-0.25, -0.2) is 0 Å². The molecule has 0 saturated carbocycles. The molecular weight excluding hydrogens is 363 g/mol. The second kappa shape index (κ2) is 6.79. The summed E-state index contributed by atoms with van der Waals surface area (Å²) in [5, 5.41) is 10.1. The number of carbonyl (C=O) groups excluding carboxylic acids is 2. The minimum absolute atomic E-state index is 0.121. The SMILES string of the molecule is COc1ccc(C2=C(O)C(=O)N(Cc3cccc(C(F)(F)F)c3)C2=O)cc1. The van der Waals surface area contributed by atoms with Crippen LogP contribution in [0, 0.1) is 0 Å². The summed E-state index contributed by atoms with van der Waals surface area (Å²) in [7, 11) is 1.47. The van der Waals surface area contributed by atoms with Gasteiger partial charge in [-0.3, -0.25) is 14.5 Å². The van der Waals surface area contributed by atoms with Crippen LogP contribution in [0.1, 0.15) is 16.7 Å². The Kier molecular flexibility index (Phi) is 4.65. The standard InChI is InChI=1S/C19H14F3NO4/c1-27-14-7-5-12(6-8-14)15-16(24)18(26)23(17(15)25)10-11-3-2-4-13(9-11)19(20,21)22/h2-9,24H,10H2,1H3. The van der Waals surface area contributed by atoms with E-state index in [1.165, 1.54) is 31.4 Å². The highest BCUT2D eigenvalue weighted by Crippen LogP contribution is 2.32. The highest BCUT2D eigenvalue weighted by molar-refractivity contribution is 6.34. The lowest BCUT2D eigenvalue weighted by atomic mass is 10.1. The monoisotopic (exact) mass is 377 g/mol. The largest absolute Gasteiger partial charge is 0.502 e. The third-order valence-corrected chi connectivity index (χ3v) is 4.12. The first-order valence-corrected chi connectivity index (χ1v) is 7.82. The van der Waals surface area contributed by atoms with E-state index in [4.69, 9.17) is 4.74 Å². The van der Waals surface area contributed by atoms with Crippen molar-refractivity contribution in [1.29, 1.82) is 0 Å². The Bertz CT molecular complexity index is 933. The van der Waals surface area contributed by atoms with Crippen LogP contribution in [-0.2, 0) is 22.3 Å². The van der Waals surface area contributed by atoms with Crippen LogP contribution in [0.25, 0.3) is 5.57 Å². The predicted octanol–water partition coefficient (Wildman–Crippen LogP) is 3.55. The lowest BCUT2D eigenvalue weighted by molar-refractivity contribution is -0.138. The average molecular weight is 377 g/mol. The van der Waals surface area contributed by atoms with Crippen molar-refractivity contribution >= 4 is 17.4 Å². The van der Waals surface area contributed by atoms with Gasteiger partial charge in [0.1, 0.15) is 5.75 Å². The van der Waals surface area contributed by atoms with Crippen LogP contribution in [0.3, 0.4) is 0 Å². The summed E-state index contributed by atoms with van der Waals surface area (Å²) in [6.45, 7) is -0.384. The molecule has 0 saturated heterocycles. The number of imide groups is 1. The first-order chi connectivity index (χ1) is 12.7. The number of halogens is 3. The van der Waals surface area contributed by atoms with Crippen molar-refractivity contribution in [2.45, 2.75) is 12.7 Å². The van der Waals surface area contributed by atoms with Gasteiger partial charge in [-0.2, -0.15) is 13.2 Å². The molecule has 1 heterocycles. The highest BCUT2D eigenvalue weighted by Gasteiger charge is 2.39. The van der Waals surface area contributed by atoms with Gasteiger partial charge in [0.2, 0.25) is 0 Å². The predicted molar refractivity (Wildman–Crippen MR) is 89.5 cm³/mol. The molecule has 140 valence electrons. The van der Waals surface area contributed by atoms with E-state index in [2.05, 4.69) is 0 Å². The van der Waals surface area contributed by atoms with E-state index >= 15 is 0 Å². The average Bonchev–Trinajstić information content (AvgIpc) is 2.85. The Labute approximate surface area is 152 Å². The molecule has 1 aliphatic heterocycles. The Balaban J connectivity index is 1.87. The second-order valence-electron chi connectivity index (χ2n) is 5.85. The van der Waals surface area contributed by atoms with Gasteiger partial charge < -0.3 is 9.84 Å². The lowest BCUT2D eigenvalue weighted by Crippen LogP contribution is -2.31. The Morgan fingerprint density at radius 3 is 2.30 bits per heavy atom. The summed E-state index contributed by atoms with van der Waals surface area (Å²) in [5.74, 6) is -1.95. The van der Waals surface area contributed by atoms with Crippen molar-refractivity contribution in [3.63, 3.8) is 0 Å². The van der Waals surface area contributed by atoms with Crippen LogP contribution in [0.4, 0.5) is 13.2 Å². The van der Waals surface area contributed by atoms with Crippen LogP contribution >= 0.6 is 0 Å². The van der Waals surface area contributed by atoms with Crippen LogP contribution < -0.4 is 4.74 Å². The molecule has 0 fully saturated rings. The normalized spacial score (nSPS) is 14.9. The summed E-state index contributed by atoms with van der Waals surface area (Å²) in [4.78, 5) is 25.6. The fourth-order valence-corrected chi connectivity index (χ4v) is 2.75. The zero-order chi connectivity index (χ0) is 19.8. The summed E-state index contributed by atoms with van der Waals surface area (Å²) in [5.41, 5.74) is -0.658. The quantitative estimate of drug-likeness (QED) is 0.828. The van der Waals surface area contributed by atoms with Gasteiger partial charge in [-0.05, 0) is 35.4 Å². The number of methoxy groups -OCH3 is 1. The number of aliphatic hydroxyl groups excluding tert-OH is 1. The molecule has 3 rings (SSSR count). The van der Waals surface area contributed by atoms with Crippen molar-refractivity contribution in [2.75, 3.05) is 7.11 Å². The lowest BCUT2D eigenvalue weighted by Gasteiger charge is -2.16. The molecule has 0 atom stereocenters. The summed E-state index contributed by atoms with van der Waals surface area (Å²) in [6, 6.07) is 10.5. The number of hydrogen-bond donors (Lipinski definition) is 1. The smallest absolute Gasteiger partial charge is 0.416 e. The van der Waals surface area contributed by atoms with Crippen molar-refractivity contribution in [1.82, 2.24) is 4.90 Å². The first-order valence-electron chi connectivity index (χ1n) is 7.82. The molecule has 8 heteroatoms. The minimum atomic E-state index is -4.54. The third-order valence-electron chi connectivity index (χ3n) is 4.12. The zero-order valence-corrected chi connectivity index (χ0v) is 14.1. The molecule has 0 aliphatic carbocycles. The first kappa shape index (κ1) is 18.5. The van der Waals surface area contributed by atoms with Crippen molar-refractivity contribution < 1.29 is 32.6 Å². The van der Waals surface area contributed by atoms with Crippen molar-refractivity contribution in [3.8, 4) is 5.75 Å². The topological polar surface area (TPSA) is 66.8 Å². The van der Waals surface area contributed by atoms with Crippen LogP contribution in [-0.4, -0.2) is 28.9 Å². The van der Waals surface area contributed by atoms with Crippen LogP contribution in [0.5, 0.6) is 5.75 Å². The fourth-order valence-electron chi connectivity index (χ4n) is 2.75. The molecule has 1 aliphatic rings. The third kappa shape index (κ3) is 3.51. The number of carbonyl (C=O) groups is 2. The van der Waals surface area contributed by atoms with E-state index in [0.717, 1.165) is 12.1 Å². The van der Waals surface area contributed by atoms with Gasteiger partial charge in [0.05, 0.1) is 24.8 Å². The minimum Gasteiger partial charge on any atom is -0.502 e. The van der Waals surface area contributed by atoms with Crippen molar-refractivity contribution in [3.05, 3.63) is 71.0 Å². The Morgan fingerprint density at radius 1 is 1.04 bits per heavy atom. The van der Waals surface area contributed by atoms with Crippen LogP contribution in [0.2, 0.25) is 0 Å². The maximum atomic E-state index is 12.8. The molecule has 2 amide bonds. The molecule has 2 aromatic rings. The number of amides is 2. The number of ether oxygens (including phenoxy) is 1. The van der Waals surface area contributed by atoms with E-state index in [9.17, 15) is 27.9 Å². The van der Waals surface area contributed by atoms with Gasteiger partial charge in [0.15, 0.2) is 5.76 Å².